The largest absolute Gasteiger partial charge is 0.497 e. The highest BCUT2D eigenvalue weighted by atomic mass is 16.5. The molecule has 1 aliphatic rings. The van der Waals surface area contributed by atoms with Gasteiger partial charge in [-0.2, -0.15) is 0 Å². The first-order chi connectivity index (χ1) is 8.79. The average molecular weight is 244 g/mol. The second-order valence-corrected chi connectivity index (χ2v) is 4.66. The maximum Gasteiger partial charge on any atom is 0.147 e. The van der Waals surface area contributed by atoms with Crippen molar-refractivity contribution in [3.63, 3.8) is 0 Å². The number of methoxy groups -OCH3 is 1. The van der Waals surface area contributed by atoms with E-state index in [1.165, 1.54) is 17.4 Å². The lowest BCUT2D eigenvalue weighted by atomic mass is 9.80. The Morgan fingerprint density at radius 3 is 3.06 bits per heavy atom. The number of fused-ring (bicyclic) bond motifs is 1. The summed E-state index contributed by atoms with van der Waals surface area (Å²) in [6.45, 7) is 0. The molecule has 2 aromatic rings. The van der Waals surface area contributed by atoms with E-state index in [0.717, 1.165) is 30.7 Å². The summed E-state index contributed by atoms with van der Waals surface area (Å²) in [5, 5.41) is 4.05. The Bertz CT molecular complexity index is 563. The van der Waals surface area contributed by atoms with Gasteiger partial charge in [0.1, 0.15) is 17.7 Å². The van der Waals surface area contributed by atoms with Crippen LogP contribution in [0.5, 0.6) is 5.75 Å². The minimum atomic E-state index is 0.225. The average Bonchev–Trinajstić information content (AvgIpc) is 2.83. The van der Waals surface area contributed by atoms with Crippen LogP contribution in [-0.4, -0.2) is 12.3 Å². The molecule has 1 aromatic carbocycles. The van der Waals surface area contributed by atoms with E-state index in [2.05, 4.69) is 17.3 Å². The maximum absolute atomic E-state index is 5.91. The van der Waals surface area contributed by atoms with E-state index in [-0.39, 0.29) is 5.92 Å². The van der Waals surface area contributed by atoms with E-state index in [0.29, 0.717) is 5.69 Å². The molecule has 0 spiro atoms. The number of nitrogens with two attached hydrogens (primary N) is 1. The molecule has 0 bridgehead atoms. The molecular weight excluding hydrogens is 228 g/mol. The van der Waals surface area contributed by atoms with Gasteiger partial charge in [-0.1, -0.05) is 11.2 Å². The summed E-state index contributed by atoms with van der Waals surface area (Å²) in [7, 11) is 1.68. The van der Waals surface area contributed by atoms with Crippen LogP contribution in [0.15, 0.2) is 29.0 Å². The number of ether oxygens (including phenoxy) is 1. The van der Waals surface area contributed by atoms with E-state index in [1.807, 2.05) is 6.07 Å². The van der Waals surface area contributed by atoms with Crippen LogP contribution < -0.4 is 10.5 Å². The van der Waals surface area contributed by atoms with Crippen molar-refractivity contribution in [3.8, 4) is 5.75 Å². The van der Waals surface area contributed by atoms with Crippen LogP contribution in [-0.2, 0) is 6.42 Å². The predicted molar refractivity (Wildman–Crippen MR) is 68.7 cm³/mol. The molecule has 94 valence electrons. The summed E-state index contributed by atoms with van der Waals surface area (Å²) in [6.07, 6.45) is 4.81. The van der Waals surface area contributed by atoms with E-state index in [9.17, 15) is 0 Å². The zero-order valence-corrected chi connectivity index (χ0v) is 10.3. The molecule has 0 saturated heterocycles. The monoisotopic (exact) mass is 244 g/mol. The Kier molecular flexibility index (Phi) is 2.70. The number of nitrogen functional groups attached to an aromatic ring is 1. The first-order valence-electron chi connectivity index (χ1n) is 6.16. The number of hydrogen-bond acceptors (Lipinski definition) is 4. The molecule has 4 nitrogen and oxygen atoms in total. The quantitative estimate of drug-likeness (QED) is 0.882. The Morgan fingerprint density at radius 2 is 2.33 bits per heavy atom. The summed E-state index contributed by atoms with van der Waals surface area (Å²) in [4.78, 5) is 0. The highest BCUT2D eigenvalue weighted by molar-refractivity contribution is 5.49. The number of rotatable bonds is 2. The van der Waals surface area contributed by atoms with Gasteiger partial charge < -0.3 is 15.0 Å². The van der Waals surface area contributed by atoms with Crippen molar-refractivity contribution in [1.29, 1.82) is 0 Å². The van der Waals surface area contributed by atoms with Crippen molar-refractivity contribution in [2.24, 2.45) is 0 Å². The Hall–Kier alpha value is -1.97. The van der Waals surface area contributed by atoms with Gasteiger partial charge in [-0.3, -0.25) is 0 Å². The third kappa shape index (κ3) is 1.74. The van der Waals surface area contributed by atoms with Gasteiger partial charge in [0.05, 0.1) is 12.8 Å². The molecule has 3 rings (SSSR count). The fourth-order valence-electron chi connectivity index (χ4n) is 2.71. The highest BCUT2D eigenvalue weighted by Crippen LogP contribution is 2.39. The van der Waals surface area contributed by atoms with Crippen LogP contribution in [0.3, 0.4) is 0 Å². The first-order valence-corrected chi connectivity index (χ1v) is 6.16. The lowest BCUT2D eigenvalue weighted by Gasteiger charge is -2.24. The standard InChI is InChI=1S/C14H16N2O2/c1-17-10-6-5-9-3-2-4-11(12(9)7-10)14-13(15)8-18-16-14/h5-8,11H,2-4,15H2,1H3. The fourth-order valence-corrected chi connectivity index (χ4v) is 2.71. The molecule has 0 saturated carbocycles. The van der Waals surface area contributed by atoms with Gasteiger partial charge in [0, 0.05) is 5.92 Å². The third-order valence-corrected chi connectivity index (χ3v) is 3.62. The van der Waals surface area contributed by atoms with Crippen molar-refractivity contribution in [1.82, 2.24) is 5.16 Å². The topological polar surface area (TPSA) is 61.3 Å². The third-order valence-electron chi connectivity index (χ3n) is 3.62. The number of aromatic nitrogens is 1. The molecule has 4 heteroatoms. The zero-order chi connectivity index (χ0) is 12.5. The second kappa shape index (κ2) is 4.37. The van der Waals surface area contributed by atoms with E-state index >= 15 is 0 Å². The van der Waals surface area contributed by atoms with Crippen LogP contribution >= 0.6 is 0 Å². The first kappa shape index (κ1) is 11.1. The van der Waals surface area contributed by atoms with Crippen LogP contribution in [0.1, 0.15) is 35.6 Å². The maximum atomic E-state index is 5.91. The van der Waals surface area contributed by atoms with Crippen molar-refractivity contribution >= 4 is 5.69 Å². The molecule has 2 N–H and O–H groups in total. The molecule has 1 aliphatic carbocycles. The van der Waals surface area contributed by atoms with E-state index in [4.69, 9.17) is 15.0 Å². The van der Waals surface area contributed by atoms with Gasteiger partial charge >= 0.3 is 0 Å². The zero-order valence-electron chi connectivity index (χ0n) is 10.3. The van der Waals surface area contributed by atoms with Gasteiger partial charge in [-0.15, -0.1) is 0 Å². The molecule has 0 amide bonds. The lowest BCUT2D eigenvalue weighted by molar-refractivity contribution is 0.402. The minimum Gasteiger partial charge on any atom is -0.497 e. The Labute approximate surface area is 106 Å². The van der Waals surface area contributed by atoms with Gasteiger partial charge in [-0.25, -0.2) is 0 Å². The molecule has 0 fully saturated rings. The lowest BCUT2D eigenvalue weighted by Crippen LogP contribution is -2.12. The van der Waals surface area contributed by atoms with Crippen LogP contribution in [0.25, 0.3) is 0 Å². The Morgan fingerprint density at radius 1 is 1.44 bits per heavy atom. The summed E-state index contributed by atoms with van der Waals surface area (Å²) >= 11 is 0. The Balaban J connectivity index is 2.08. The number of aryl methyl sites for hydroxylation is 1. The molecule has 0 radical (unpaired) electrons. The summed E-state index contributed by atoms with van der Waals surface area (Å²) in [6, 6.07) is 6.23. The van der Waals surface area contributed by atoms with Crippen LogP contribution in [0.4, 0.5) is 5.69 Å². The molecule has 1 unspecified atom stereocenters. The summed E-state index contributed by atoms with van der Waals surface area (Å²) < 4.78 is 10.3. The minimum absolute atomic E-state index is 0.225. The van der Waals surface area contributed by atoms with Gasteiger partial charge in [0.2, 0.25) is 0 Å². The van der Waals surface area contributed by atoms with Crippen molar-refractivity contribution in [2.45, 2.75) is 25.2 Å². The highest BCUT2D eigenvalue weighted by Gasteiger charge is 2.26. The van der Waals surface area contributed by atoms with Gasteiger partial charge in [0.15, 0.2) is 0 Å². The van der Waals surface area contributed by atoms with Crippen molar-refractivity contribution in [3.05, 3.63) is 41.3 Å². The predicted octanol–water partition coefficient (Wildman–Crippen LogP) is 2.73. The van der Waals surface area contributed by atoms with Gasteiger partial charge in [-0.05, 0) is 42.5 Å². The smallest absolute Gasteiger partial charge is 0.147 e. The van der Waals surface area contributed by atoms with Crippen molar-refractivity contribution in [2.75, 3.05) is 12.8 Å². The molecule has 18 heavy (non-hydrogen) atoms. The molecule has 1 heterocycles. The molecular formula is C14H16N2O2. The van der Waals surface area contributed by atoms with Gasteiger partial charge in [0.25, 0.3) is 0 Å². The van der Waals surface area contributed by atoms with E-state index < -0.39 is 0 Å². The van der Waals surface area contributed by atoms with E-state index in [1.54, 1.807) is 7.11 Å². The fraction of sp³-hybridized carbons (Fsp3) is 0.357. The summed E-state index contributed by atoms with van der Waals surface area (Å²) in [5.41, 5.74) is 10.0. The molecule has 0 aliphatic heterocycles. The number of anilines is 1. The normalized spacial score (nSPS) is 18.4. The summed E-state index contributed by atoms with van der Waals surface area (Å²) in [5.74, 6) is 1.10. The van der Waals surface area contributed by atoms with Crippen LogP contribution in [0.2, 0.25) is 0 Å². The molecule has 1 aromatic heterocycles. The second-order valence-electron chi connectivity index (χ2n) is 4.66. The number of nitrogens with zero attached hydrogens (tertiary/aromatic N) is 1. The molecule has 1 atom stereocenters. The number of benzene rings is 1. The SMILES string of the molecule is COc1ccc2c(c1)C(c1nocc1N)CCC2. The number of hydrogen-bond donors (Lipinski definition) is 1. The van der Waals surface area contributed by atoms with Crippen molar-refractivity contribution < 1.29 is 9.26 Å². The van der Waals surface area contributed by atoms with Crippen LogP contribution in [0, 0.1) is 0 Å².